The molecule has 0 bridgehead atoms. The van der Waals surface area contributed by atoms with Gasteiger partial charge in [0.05, 0.1) is 18.8 Å². The molecule has 0 saturated carbocycles. The molecule has 4 N–H and O–H groups in total. The van der Waals surface area contributed by atoms with E-state index in [1.807, 2.05) is 0 Å². The molecule has 0 atom stereocenters. The van der Waals surface area contributed by atoms with Crippen LogP contribution in [0.2, 0.25) is 0 Å². The average molecular weight is 357 g/mol. The normalized spacial score (nSPS) is 15.5. The van der Waals surface area contributed by atoms with Crippen LogP contribution in [-0.2, 0) is 0 Å². The van der Waals surface area contributed by atoms with Crippen molar-refractivity contribution in [2.45, 2.75) is 12.0 Å². The Morgan fingerprint density at radius 3 is 2.69 bits per heavy atom. The van der Waals surface area contributed by atoms with Crippen LogP contribution in [0.5, 0.6) is 5.95 Å². The van der Waals surface area contributed by atoms with Crippen LogP contribution in [0.25, 0.3) is 23.0 Å². The first-order valence-electron chi connectivity index (χ1n) is 7.84. The van der Waals surface area contributed by atoms with Gasteiger partial charge in [0.1, 0.15) is 0 Å². The molecule has 0 aliphatic carbocycles. The van der Waals surface area contributed by atoms with Gasteiger partial charge in [-0.1, -0.05) is 5.16 Å². The summed E-state index contributed by atoms with van der Waals surface area (Å²) in [6.45, 7) is -0.723. The lowest BCUT2D eigenvalue weighted by molar-refractivity contribution is 0.0831. The number of anilines is 1. The number of hydrogen-bond acceptors (Lipinski definition) is 9. The van der Waals surface area contributed by atoms with Crippen LogP contribution >= 0.6 is 0 Å². The molecule has 3 heterocycles. The predicted molar refractivity (Wildman–Crippen MR) is 88.6 cm³/mol. The summed E-state index contributed by atoms with van der Waals surface area (Å²) >= 11 is 0. The maximum absolute atomic E-state index is 12.5. The highest BCUT2D eigenvalue weighted by atomic mass is 16.5. The number of hydrogen-bond donors (Lipinski definition) is 4. The molecule has 9 nitrogen and oxygen atoms in total. The van der Waals surface area contributed by atoms with E-state index in [4.69, 9.17) is 8.94 Å². The first-order valence-corrected chi connectivity index (χ1v) is 7.84. The van der Waals surface area contributed by atoms with Crippen molar-refractivity contribution in [2.24, 2.45) is 0 Å². The number of benzene rings is 1. The van der Waals surface area contributed by atoms with E-state index in [1.165, 1.54) is 12.1 Å². The number of nitrogens with zero attached hydrogens (tertiary/aromatic N) is 2. The number of carbonyl (C=O) groups is 1. The number of ketones is 1. The summed E-state index contributed by atoms with van der Waals surface area (Å²) < 4.78 is 10.2. The zero-order valence-electron chi connectivity index (χ0n) is 13.5. The lowest BCUT2D eigenvalue weighted by atomic mass is 9.86. The number of nitrogens with one attached hydrogen (secondary N) is 1. The van der Waals surface area contributed by atoms with Crippen LogP contribution in [0.1, 0.15) is 16.8 Å². The van der Waals surface area contributed by atoms with Crippen molar-refractivity contribution < 1.29 is 29.1 Å². The van der Waals surface area contributed by atoms with Crippen LogP contribution in [0.3, 0.4) is 0 Å². The molecular weight excluding hydrogens is 342 g/mol. The summed E-state index contributed by atoms with van der Waals surface area (Å²) in [5.41, 5.74) is 0.401. The van der Waals surface area contributed by atoms with Gasteiger partial charge in [-0.05, 0) is 24.3 Å². The van der Waals surface area contributed by atoms with Gasteiger partial charge in [0.15, 0.2) is 11.5 Å². The first kappa shape index (κ1) is 16.3. The Kier molecular flexibility index (Phi) is 3.74. The van der Waals surface area contributed by atoms with Gasteiger partial charge in [-0.25, -0.2) is 0 Å². The number of aliphatic hydroxyl groups excluding tert-OH is 2. The minimum Gasteiger partial charge on any atom is -0.481 e. The molecule has 0 spiro atoms. The third-order valence-electron chi connectivity index (χ3n) is 4.31. The van der Waals surface area contributed by atoms with Crippen LogP contribution in [0, 0.1) is 0 Å². The molecule has 0 fully saturated rings. The largest absolute Gasteiger partial charge is 0.481 e. The Bertz CT molecular complexity index is 973. The Hall–Kier alpha value is -3.17. The standard InChI is InChI=1S/C17H15N3O6/c21-7-17(8-22)6-12(23)10-5-9(1-2-11(10)19-17)16-18-15(20-26-16)13-3-4-14(24)25-13/h1-5,19,21-22,24H,6-8H2. The summed E-state index contributed by atoms with van der Waals surface area (Å²) in [5.74, 6) is 0.144. The molecule has 0 radical (unpaired) electrons. The molecule has 0 saturated heterocycles. The van der Waals surface area contributed by atoms with Gasteiger partial charge in [-0.15, -0.1) is 0 Å². The smallest absolute Gasteiger partial charge is 0.282 e. The van der Waals surface area contributed by atoms with Crippen molar-refractivity contribution in [1.82, 2.24) is 10.1 Å². The van der Waals surface area contributed by atoms with E-state index in [1.54, 1.807) is 18.2 Å². The summed E-state index contributed by atoms with van der Waals surface area (Å²) in [6.07, 6.45) is -0.0305. The van der Waals surface area contributed by atoms with Gasteiger partial charge in [0.2, 0.25) is 5.82 Å². The number of aromatic hydroxyl groups is 1. The number of aliphatic hydroxyl groups is 2. The van der Waals surface area contributed by atoms with Crippen molar-refractivity contribution >= 4 is 11.5 Å². The Morgan fingerprint density at radius 2 is 2.00 bits per heavy atom. The highest BCUT2D eigenvalue weighted by Crippen LogP contribution is 2.34. The van der Waals surface area contributed by atoms with Crippen LogP contribution in [0.15, 0.2) is 39.3 Å². The molecule has 3 aromatic rings. The summed E-state index contributed by atoms with van der Waals surface area (Å²) in [4.78, 5) is 16.7. The Labute approximate surface area is 146 Å². The molecule has 26 heavy (non-hydrogen) atoms. The van der Waals surface area contributed by atoms with Gasteiger partial charge >= 0.3 is 0 Å². The Balaban J connectivity index is 1.67. The molecule has 1 aromatic carbocycles. The first-order chi connectivity index (χ1) is 12.5. The second-order valence-corrected chi connectivity index (χ2v) is 6.14. The topological polar surface area (TPSA) is 142 Å². The van der Waals surface area contributed by atoms with Crippen molar-refractivity contribution in [3.05, 3.63) is 35.9 Å². The SMILES string of the molecule is O=C1CC(CO)(CO)Nc2ccc(-c3nc(-c4ccc(O)o4)no3)cc21. The van der Waals surface area contributed by atoms with E-state index in [2.05, 4.69) is 15.5 Å². The van der Waals surface area contributed by atoms with Crippen molar-refractivity contribution in [1.29, 1.82) is 0 Å². The number of fused-ring (bicyclic) bond motifs is 1. The number of rotatable bonds is 4. The zero-order chi connectivity index (χ0) is 18.3. The molecule has 2 aromatic heterocycles. The van der Waals surface area contributed by atoms with E-state index in [-0.39, 0.29) is 48.8 Å². The predicted octanol–water partition coefficient (Wildman–Crippen LogP) is 1.42. The number of aromatic nitrogens is 2. The lowest BCUT2D eigenvalue weighted by Crippen LogP contribution is -2.50. The summed E-state index contributed by atoms with van der Waals surface area (Å²) in [5, 5.41) is 35.1. The number of furan rings is 1. The second kappa shape index (κ2) is 5.97. The van der Waals surface area contributed by atoms with Crippen LogP contribution < -0.4 is 5.32 Å². The Morgan fingerprint density at radius 1 is 1.19 bits per heavy atom. The second-order valence-electron chi connectivity index (χ2n) is 6.14. The van der Waals surface area contributed by atoms with Gasteiger partial charge in [-0.2, -0.15) is 4.98 Å². The number of carbonyl (C=O) groups excluding carboxylic acids is 1. The van der Waals surface area contributed by atoms with E-state index < -0.39 is 5.54 Å². The van der Waals surface area contributed by atoms with Crippen LogP contribution in [0.4, 0.5) is 5.69 Å². The maximum atomic E-state index is 12.5. The third-order valence-corrected chi connectivity index (χ3v) is 4.31. The fourth-order valence-corrected chi connectivity index (χ4v) is 2.88. The average Bonchev–Trinajstić information content (AvgIpc) is 3.30. The van der Waals surface area contributed by atoms with Crippen molar-refractivity contribution in [3.63, 3.8) is 0 Å². The quantitative estimate of drug-likeness (QED) is 0.545. The number of Topliss-reactive ketones (excluding diaryl/α,β-unsaturated/α-hetero) is 1. The molecular formula is C17H15N3O6. The lowest BCUT2D eigenvalue weighted by Gasteiger charge is -2.36. The summed E-state index contributed by atoms with van der Waals surface area (Å²) in [6, 6.07) is 7.82. The summed E-state index contributed by atoms with van der Waals surface area (Å²) in [7, 11) is 0. The van der Waals surface area contributed by atoms with Crippen molar-refractivity contribution in [3.8, 4) is 29.0 Å². The molecule has 4 rings (SSSR count). The minimum atomic E-state index is -1.06. The van der Waals surface area contributed by atoms with Crippen LogP contribution in [-0.4, -0.2) is 50.0 Å². The van der Waals surface area contributed by atoms with Gasteiger partial charge in [-0.3, -0.25) is 4.79 Å². The van der Waals surface area contributed by atoms with Crippen molar-refractivity contribution in [2.75, 3.05) is 18.5 Å². The molecule has 134 valence electrons. The molecule has 0 unspecified atom stereocenters. The molecule has 9 heteroatoms. The maximum Gasteiger partial charge on any atom is 0.282 e. The molecule has 1 aliphatic heterocycles. The van der Waals surface area contributed by atoms with E-state index >= 15 is 0 Å². The molecule has 1 aliphatic rings. The van der Waals surface area contributed by atoms with Gasteiger partial charge in [0, 0.05) is 29.3 Å². The third kappa shape index (κ3) is 2.63. The van der Waals surface area contributed by atoms with Gasteiger partial charge < -0.3 is 29.6 Å². The van der Waals surface area contributed by atoms with E-state index in [9.17, 15) is 20.1 Å². The van der Waals surface area contributed by atoms with Gasteiger partial charge in [0.25, 0.3) is 11.8 Å². The monoisotopic (exact) mass is 357 g/mol. The minimum absolute atomic E-state index is 0.0305. The van der Waals surface area contributed by atoms with E-state index in [0.29, 0.717) is 16.8 Å². The van der Waals surface area contributed by atoms with E-state index in [0.717, 1.165) is 0 Å². The highest BCUT2D eigenvalue weighted by Gasteiger charge is 2.37. The fraction of sp³-hybridized carbons (Fsp3) is 0.235. The highest BCUT2D eigenvalue weighted by molar-refractivity contribution is 6.05. The zero-order valence-corrected chi connectivity index (χ0v) is 13.5. The fourth-order valence-electron chi connectivity index (χ4n) is 2.88. The molecule has 0 amide bonds.